The monoisotopic (exact) mass is 747 g/mol. The van der Waals surface area contributed by atoms with Crippen LogP contribution in [-0.2, 0) is 6.54 Å². The fourth-order valence-electron chi connectivity index (χ4n) is 8.10. The van der Waals surface area contributed by atoms with Crippen LogP contribution >= 0.6 is 0 Å². The first kappa shape index (κ1) is 34.8. The maximum absolute atomic E-state index is 6.43. The first-order chi connectivity index (χ1) is 28.6. The van der Waals surface area contributed by atoms with Crippen molar-refractivity contribution in [1.29, 1.82) is 0 Å². The molecule has 276 valence electrons. The van der Waals surface area contributed by atoms with E-state index in [9.17, 15) is 0 Å². The molecule has 0 atom stereocenters. The SMILES string of the molecule is C=N/C(=N\C(=N/Cc1ccccc1)c1ccc2c(ccc3ccccc32)c1)c1c(-c2ccc(-c3cc4ccccc4cc3OC)cc2)ccc2oc3ccccc3c12. The van der Waals surface area contributed by atoms with E-state index in [1.54, 1.807) is 7.11 Å². The third-order valence-corrected chi connectivity index (χ3v) is 11.0. The lowest BCUT2D eigenvalue weighted by Gasteiger charge is -2.14. The van der Waals surface area contributed by atoms with Crippen molar-refractivity contribution in [2.24, 2.45) is 15.0 Å². The summed E-state index contributed by atoms with van der Waals surface area (Å²) >= 11 is 0. The molecule has 0 aliphatic heterocycles. The molecule has 1 heterocycles. The summed E-state index contributed by atoms with van der Waals surface area (Å²) < 4.78 is 12.3. The summed E-state index contributed by atoms with van der Waals surface area (Å²) in [4.78, 5) is 15.2. The van der Waals surface area contributed by atoms with E-state index in [0.29, 0.717) is 18.2 Å². The van der Waals surface area contributed by atoms with Crippen LogP contribution in [0.25, 0.3) is 76.5 Å². The number of amidine groups is 2. The molecule has 5 nitrogen and oxygen atoms in total. The third-order valence-electron chi connectivity index (χ3n) is 11.0. The highest BCUT2D eigenvalue weighted by Crippen LogP contribution is 2.40. The van der Waals surface area contributed by atoms with E-state index in [-0.39, 0.29) is 0 Å². The highest BCUT2D eigenvalue weighted by atomic mass is 16.5. The Kier molecular flexibility index (Phi) is 8.88. The van der Waals surface area contributed by atoms with Crippen molar-refractivity contribution in [3.05, 3.63) is 199 Å². The van der Waals surface area contributed by atoms with Gasteiger partial charge in [0.2, 0.25) is 0 Å². The van der Waals surface area contributed by atoms with Crippen LogP contribution in [0.15, 0.2) is 201 Å². The molecular weight excluding hydrogens is 711 g/mol. The molecule has 1 aromatic heterocycles. The zero-order valence-corrected chi connectivity index (χ0v) is 31.9. The standard InChI is InChI=1S/C53H37N3O2/c1-54-53(56-52(55-33-34-12-4-3-5-13-34)41-26-27-43-40(30-41)25-24-35-14-8-9-17-42(35)43)51-44(28-29-48-50(51)45-18-10-11-19-47(45)58-48)36-20-22-37(23-21-36)46-31-38-15-6-7-16-39(38)32-49(46)57-2/h3-32H,1,33H2,2H3/b55-52-,56-53-. The van der Waals surface area contributed by atoms with Crippen LogP contribution in [-0.4, -0.2) is 25.5 Å². The quantitative estimate of drug-likeness (QED) is 0.0926. The molecule has 0 spiro atoms. The lowest BCUT2D eigenvalue weighted by atomic mass is 9.92. The minimum atomic E-state index is 0.450. The minimum absolute atomic E-state index is 0.450. The highest BCUT2D eigenvalue weighted by Gasteiger charge is 2.21. The number of rotatable bonds is 7. The van der Waals surface area contributed by atoms with E-state index in [4.69, 9.17) is 19.1 Å². The van der Waals surface area contributed by atoms with E-state index < -0.39 is 0 Å². The van der Waals surface area contributed by atoms with E-state index in [2.05, 4.69) is 145 Å². The molecule has 0 N–H and O–H groups in total. The number of aliphatic imine (C=N–C) groups is 3. The summed E-state index contributed by atoms with van der Waals surface area (Å²) in [7, 11) is 1.72. The summed E-state index contributed by atoms with van der Waals surface area (Å²) in [6, 6.07) is 62.9. The van der Waals surface area contributed by atoms with Gasteiger partial charge < -0.3 is 9.15 Å². The van der Waals surface area contributed by atoms with Crippen molar-refractivity contribution < 1.29 is 9.15 Å². The maximum Gasteiger partial charge on any atom is 0.162 e. The van der Waals surface area contributed by atoms with Gasteiger partial charge in [-0.25, -0.2) is 9.98 Å². The number of hydrogen-bond donors (Lipinski definition) is 0. The van der Waals surface area contributed by atoms with Crippen molar-refractivity contribution in [2.45, 2.75) is 6.54 Å². The summed E-state index contributed by atoms with van der Waals surface area (Å²) in [6.07, 6.45) is 0. The molecule has 0 bridgehead atoms. The van der Waals surface area contributed by atoms with Gasteiger partial charge in [0, 0.05) is 27.5 Å². The molecule has 9 aromatic carbocycles. The minimum Gasteiger partial charge on any atom is -0.496 e. The Hall–Kier alpha value is -7.63. The second-order valence-corrected chi connectivity index (χ2v) is 14.4. The average Bonchev–Trinajstić information content (AvgIpc) is 3.67. The Labute approximate surface area is 335 Å². The van der Waals surface area contributed by atoms with Gasteiger partial charge in [0.1, 0.15) is 16.9 Å². The fraction of sp³-hybridized carbons (Fsp3) is 0.0377. The van der Waals surface area contributed by atoms with Crippen LogP contribution in [0.2, 0.25) is 0 Å². The van der Waals surface area contributed by atoms with E-state index >= 15 is 0 Å². The van der Waals surface area contributed by atoms with Gasteiger partial charge in [0.15, 0.2) is 11.7 Å². The lowest BCUT2D eigenvalue weighted by molar-refractivity contribution is 0.417. The Morgan fingerprint density at radius 3 is 1.97 bits per heavy atom. The van der Waals surface area contributed by atoms with Gasteiger partial charge in [0.05, 0.1) is 13.7 Å². The zero-order chi connectivity index (χ0) is 39.0. The van der Waals surface area contributed by atoms with Gasteiger partial charge in [0.25, 0.3) is 0 Å². The van der Waals surface area contributed by atoms with E-state index in [1.165, 1.54) is 16.2 Å². The molecule has 58 heavy (non-hydrogen) atoms. The molecular formula is C53H37N3O2. The third kappa shape index (κ3) is 6.29. The van der Waals surface area contributed by atoms with Crippen molar-refractivity contribution >= 4 is 72.6 Å². The Morgan fingerprint density at radius 1 is 0.534 bits per heavy atom. The second-order valence-electron chi connectivity index (χ2n) is 14.4. The molecule has 0 aliphatic carbocycles. The van der Waals surface area contributed by atoms with Crippen LogP contribution in [0.5, 0.6) is 5.75 Å². The molecule has 0 unspecified atom stereocenters. The highest BCUT2D eigenvalue weighted by molar-refractivity contribution is 6.25. The summed E-state index contributed by atoms with van der Waals surface area (Å²) in [5.74, 6) is 1.85. The van der Waals surface area contributed by atoms with Crippen molar-refractivity contribution in [1.82, 2.24) is 0 Å². The van der Waals surface area contributed by atoms with Crippen LogP contribution in [0.1, 0.15) is 16.7 Å². The van der Waals surface area contributed by atoms with Crippen LogP contribution in [0, 0.1) is 0 Å². The lowest BCUT2D eigenvalue weighted by Crippen LogP contribution is -2.07. The summed E-state index contributed by atoms with van der Waals surface area (Å²) in [5.41, 5.74) is 8.37. The molecule has 0 saturated heterocycles. The first-order valence-electron chi connectivity index (χ1n) is 19.3. The Bertz CT molecular complexity index is 3250. The number of para-hydroxylation sites is 1. The van der Waals surface area contributed by atoms with Gasteiger partial charge in [-0.2, -0.15) is 0 Å². The van der Waals surface area contributed by atoms with E-state index in [0.717, 1.165) is 82.8 Å². The van der Waals surface area contributed by atoms with Crippen LogP contribution in [0.3, 0.4) is 0 Å². The van der Waals surface area contributed by atoms with E-state index in [1.807, 2.05) is 48.5 Å². The van der Waals surface area contributed by atoms with Gasteiger partial charge in [-0.3, -0.25) is 4.99 Å². The molecule has 0 fully saturated rings. The van der Waals surface area contributed by atoms with Gasteiger partial charge in [-0.05, 0) is 97.7 Å². The van der Waals surface area contributed by atoms with Crippen LogP contribution < -0.4 is 4.74 Å². The topological polar surface area (TPSA) is 59.5 Å². The van der Waals surface area contributed by atoms with Crippen molar-refractivity contribution in [2.75, 3.05) is 7.11 Å². The number of methoxy groups -OCH3 is 1. The summed E-state index contributed by atoms with van der Waals surface area (Å²) in [6.45, 7) is 4.56. The maximum atomic E-state index is 6.43. The molecule has 10 rings (SSSR count). The number of hydrogen-bond acceptors (Lipinski definition) is 3. The number of nitrogens with zero attached hydrogens (tertiary/aromatic N) is 3. The number of fused-ring (bicyclic) bond motifs is 7. The second kappa shape index (κ2) is 14.8. The Morgan fingerprint density at radius 2 is 1.19 bits per heavy atom. The zero-order valence-electron chi connectivity index (χ0n) is 31.9. The Balaban J connectivity index is 1.16. The van der Waals surface area contributed by atoms with Gasteiger partial charge >= 0.3 is 0 Å². The molecule has 0 amide bonds. The van der Waals surface area contributed by atoms with Crippen LogP contribution in [0.4, 0.5) is 0 Å². The average molecular weight is 748 g/mol. The normalized spacial score (nSPS) is 12.2. The van der Waals surface area contributed by atoms with Gasteiger partial charge in [-0.15, -0.1) is 0 Å². The molecule has 0 saturated carbocycles. The fourth-order valence-corrected chi connectivity index (χ4v) is 8.10. The number of furan rings is 1. The molecule has 0 radical (unpaired) electrons. The molecule has 0 aliphatic rings. The smallest absolute Gasteiger partial charge is 0.162 e. The predicted molar refractivity (Wildman–Crippen MR) is 243 cm³/mol. The van der Waals surface area contributed by atoms with Gasteiger partial charge in [-0.1, -0.05) is 146 Å². The first-order valence-corrected chi connectivity index (χ1v) is 19.3. The predicted octanol–water partition coefficient (Wildman–Crippen LogP) is 13.5. The van der Waals surface area contributed by atoms with Crippen molar-refractivity contribution in [3.8, 4) is 28.0 Å². The van der Waals surface area contributed by atoms with Crippen molar-refractivity contribution in [3.63, 3.8) is 0 Å². The molecule has 10 aromatic rings. The largest absolute Gasteiger partial charge is 0.496 e. The number of ether oxygens (including phenoxy) is 1. The number of benzene rings is 9. The summed E-state index contributed by atoms with van der Waals surface area (Å²) in [5, 5.41) is 8.89. The molecule has 5 heteroatoms.